The third kappa shape index (κ3) is 3.85. The molecule has 1 aliphatic heterocycles. The van der Waals surface area contributed by atoms with Gasteiger partial charge < -0.3 is 4.90 Å². The first-order chi connectivity index (χ1) is 11.1. The molecule has 0 unspecified atom stereocenters. The fraction of sp³-hybridized carbons (Fsp3) is 0.333. The number of anilines is 1. The Morgan fingerprint density at radius 1 is 1.30 bits per heavy atom. The molecule has 120 valence electrons. The van der Waals surface area contributed by atoms with E-state index in [0.717, 1.165) is 34.5 Å². The predicted molar refractivity (Wildman–Crippen MR) is 101 cm³/mol. The van der Waals surface area contributed by atoms with Gasteiger partial charge in [0.25, 0.3) is 0 Å². The minimum atomic E-state index is 0.148. The van der Waals surface area contributed by atoms with Crippen LogP contribution in [0.15, 0.2) is 40.7 Å². The summed E-state index contributed by atoms with van der Waals surface area (Å²) >= 11 is 3.25. The minimum Gasteiger partial charge on any atom is -0.313 e. The van der Waals surface area contributed by atoms with Crippen LogP contribution in [0.3, 0.4) is 0 Å². The van der Waals surface area contributed by atoms with E-state index in [-0.39, 0.29) is 5.78 Å². The molecule has 1 aromatic carbocycles. The lowest BCUT2D eigenvalue weighted by Crippen LogP contribution is -2.36. The summed E-state index contributed by atoms with van der Waals surface area (Å²) in [7, 11) is 0. The number of hydrogen-bond acceptors (Lipinski definition) is 5. The SMILES string of the molecule is Cc1ccc(C)c(N(CC(=O)c2cccs2)C2=NCCCS2)c1. The number of carbonyl (C=O) groups excluding carboxylic acids is 1. The van der Waals surface area contributed by atoms with Gasteiger partial charge in [-0.2, -0.15) is 0 Å². The lowest BCUT2D eigenvalue weighted by molar-refractivity contribution is 0.101. The molecule has 0 saturated heterocycles. The van der Waals surface area contributed by atoms with Crippen LogP contribution in [-0.4, -0.2) is 29.8 Å². The number of carbonyl (C=O) groups is 1. The van der Waals surface area contributed by atoms with E-state index in [1.54, 1.807) is 11.8 Å². The second-order valence-corrected chi connectivity index (χ2v) is 7.65. The van der Waals surface area contributed by atoms with Gasteiger partial charge in [-0.3, -0.25) is 9.79 Å². The van der Waals surface area contributed by atoms with Crippen LogP contribution < -0.4 is 4.90 Å². The van der Waals surface area contributed by atoms with Crippen molar-refractivity contribution in [3.05, 3.63) is 51.7 Å². The van der Waals surface area contributed by atoms with Crippen molar-refractivity contribution in [2.75, 3.05) is 23.7 Å². The summed E-state index contributed by atoms with van der Waals surface area (Å²) in [6.45, 7) is 5.36. The molecule has 0 radical (unpaired) electrons. The molecule has 1 aliphatic rings. The largest absolute Gasteiger partial charge is 0.313 e. The van der Waals surface area contributed by atoms with Crippen molar-refractivity contribution in [1.29, 1.82) is 0 Å². The third-order valence-electron chi connectivity index (χ3n) is 3.76. The number of aliphatic imine (C=N–C) groups is 1. The fourth-order valence-corrected chi connectivity index (χ4v) is 4.15. The third-order valence-corrected chi connectivity index (χ3v) is 5.78. The Hall–Kier alpha value is -1.59. The number of aryl methyl sites for hydroxylation is 2. The number of nitrogens with zero attached hydrogens (tertiary/aromatic N) is 2. The Bertz CT molecular complexity index is 723. The molecule has 0 saturated carbocycles. The molecule has 3 rings (SSSR count). The standard InChI is InChI=1S/C18H20N2OS2/c1-13-6-7-14(2)15(11-13)20(18-19-8-4-10-23-18)12-16(21)17-5-3-9-22-17/h3,5-7,9,11H,4,8,10,12H2,1-2H3. The zero-order chi connectivity index (χ0) is 16.2. The summed E-state index contributed by atoms with van der Waals surface area (Å²) in [6, 6.07) is 10.2. The van der Waals surface area contributed by atoms with E-state index < -0.39 is 0 Å². The Balaban J connectivity index is 1.95. The topological polar surface area (TPSA) is 32.7 Å². The van der Waals surface area contributed by atoms with Crippen LogP contribution in [0.25, 0.3) is 0 Å². The van der Waals surface area contributed by atoms with Crippen LogP contribution in [0.4, 0.5) is 5.69 Å². The van der Waals surface area contributed by atoms with Crippen LogP contribution in [0.1, 0.15) is 27.2 Å². The van der Waals surface area contributed by atoms with Gasteiger partial charge in [-0.1, -0.05) is 30.0 Å². The highest BCUT2D eigenvalue weighted by Gasteiger charge is 2.22. The van der Waals surface area contributed by atoms with Crippen LogP contribution in [0, 0.1) is 13.8 Å². The monoisotopic (exact) mass is 344 g/mol. The lowest BCUT2D eigenvalue weighted by Gasteiger charge is -2.28. The number of benzene rings is 1. The first-order valence-corrected chi connectivity index (χ1v) is 9.60. The number of amidine groups is 1. The van der Waals surface area contributed by atoms with Gasteiger partial charge in [0.15, 0.2) is 11.0 Å². The number of ketones is 1. The zero-order valence-corrected chi connectivity index (χ0v) is 15.0. The Morgan fingerprint density at radius 3 is 2.87 bits per heavy atom. The number of rotatable bonds is 4. The van der Waals surface area contributed by atoms with E-state index in [1.165, 1.54) is 22.5 Å². The predicted octanol–water partition coefficient (Wildman–Crippen LogP) is 4.55. The molecule has 0 aliphatic carbocycles. The first kappa shape index (κ1) is 16.3. The second kappa shape index (κ2) is 7.32. The van der Waals surface area contributed by atoms with Gasteiger partial charge in [0.05, 0.1) is 11.4 Å². The molecule has 0 amide bonds. The number of hydrogen-bond donors (Lipinski definition) is 0. The summed E-state index contributed by atoms with van der Waals surface area (Å²) in [5, 5.41) is 2.91. The van der Waals surface area contributed by atoms with E-state index in [4.69, 9.17) is 0 Å². The van der Waals surface area contributed by atoms with E-state index >= 15 is 0 Å². The van der Waals surface area contributed by atoms with Gasteiger partial charge in [0.2, 0.25) is 0 Å². The van der Waals surface area contributed by atoms with Crippen LogP contribution >= 0.6 is 23.1 Å². The van der Waals surface area contributed by atoms with E-state index in [0.29, 0.717) is 6.54 Å². The van der Waals surface area contributed by atoms with Gasteiger partial charge in [-0.05, 0) is 48.9 Å². The minimum absolute atomic E-state index is 0.148. The fourth-order valence-electron chi connectivity index (χ4n) is 2.54. The molecule has 2 heterocycles. The molecule has 0 spiro atoms. The van der Waals surface area contributed by atoms with Crippen molar-refractivity contribution in [3.63, 3.8) is 0 Å². The van der Waals surface area contributed by atoms with Gasteiger partial charge in [-0.25, -0.2) is 0 Å². The highest BCUT2D eigenvalue weighted by atomic mass is 32.2. The molecule has 2 aromatic rings. The van der Waals surface area contributed by atoms with Crippen molar-refractivity contribution in [3.8, 4) is 0 Å². The van der Waals surface area contributed by atoms with E-state index in [2.05, 4.69) is 41.9 Å². The van der Waals surface area contributed by atoms with Gasteiger partial charge in [0.1, 0.15) is 0 Å². The molecular formula is C18H20N2OS2. The molecular weight excluding hydrogens is 324 g/mol. The average Bonchev–Trinajstić information content (AvgIpc) is 3.10. The Morgan fingerprint density at radius 2 is 2.17 bits per heavy atom. The van der Waals surface area contributed by atoms with Crippen molar-refractivity contribution >= 4 is 39.7 Å². The highest BCUT2D eigenvalue weighted by Crippen LogP contribution is 2.27. The second-order valence-electron chi connectivity index (χ2n) is 5.64. The smallest absolute Gasteiger partial charge is 0.192 e. The summed E-state index contributed by atoms with van der Waals surface area (Å²) in [4.78, 5) is 20.2. The maximum absolute atomic E-state index is 12.6. The number of Topliss-reactive ketones (excluding diaryl/α,β-unsaturated/α-hetero) is 1. The zero-order valence-electron chi connectivity index (χ0n) is 13.4. The molecule has 0 bridgehead atoms. The molecule has 0 N–H and O–H groups in total. The van der Waals surface area contributed by atoms with Crippen LogP contribution in [0.2, 0.25) is 0 Å². The molecule has 5 heteroatoms. The summed E-state index contributed by atoms with van der Waals surface area (Å²) in [5.41, 5.74) is 3.45. The molecule has 0 atom stereocenters. The van der Waals surface area contributed by atoms with Gasteiger partial charge in [0, 0.05) is 18.0 Å². The summed E-state index contributed by atoms with van der Waals surface area (Å²) < 4.78 is 0. The van der Waals surface area contributed by atoms with E-state index in [9.17, 15) is 4.79 Å². The molecule has 3 nitrogen and oxygen atoms in total. The van der Waals surface area contributed by atoms with Gasteiger partial charge >= 0.3 is 0 Å². The quantitative estimate of drug-likeness (QED) is 0.763. The average molecular weight is 345 g/mol. The van der Waals surface area contributed by atoms with E-state index in [1.807, 2.05) is 17.5 Å². The maximum Gasteiger partial charge on any atom is 0.192 e. The summed E-state index contributed by atoms with van der Waals surface area (Å²) in [6.07, 6.45) is 1.10. The molecule has 1 aromatic heterocycles. The highest BCUT2D eigenvalue weighted by molar-refractivity contribution is 8.14. The van der Waals surface area contributed by atoms with Crippen LogP contribution in [-0.2, 0) is 0 Å². The Kier molecular flexibility index (Phi) is 5.18. The van der Waals surface area contributed by atoms with Crippen molar-refractivity contribution in [2.24, 2.45) is 4.99 Å². The van der Waals surface area contributed by atoms with Gasteiger partial charge in [-0.15, -0.1) is 11.3 Å². The number of thiophene rings is 1. The van der Waals surface area contributed by atoms with Crippen molar-refractivity contribution in [2.45, 2.75) is 20.3 Å². The Labute approximate surface area is 145 Å². The summed E-state index contributed by atoms with van der Waals surface area (Å²) in [5.74, 6) is 1.21. The first-order valence-electron chi connectivity index (χ1n) is 7.74. The van der Waals surface area contributed by atoms with Crippen molar-refractivity contribution in [1.82, 2.24) is 0 Å². The lowest BCUT2D eigenvalue weighted by atomic mass is 10.1. The molecule has 0 fully saturated rings. The van der Waals surface area contributed by atoms with Crippen molar-refractivity contribution < 1.29 is 4.79 Å². The van der Waals surface area contributed by atoms with Crippen LogP contribution in [0.5, 0.6) is 0 Å². The number of thioether (sulfide) groups is 1. The maximum atomic E-state index is 12.6. The normalized spacial score (nSPS) is 14.4. The molecule has 23 heavy (non-hydrogen) atoms.